The van der Waals surface area contributed by atoms with Gasteiger partial charge in [0.1, 0.15) is 0 Å². The van der Waals surface area contributed by atoms with Crippen molar-refractivity contribution in [2.45, 2.75) is 73.5 Å². The minimum atomic E-state index is -0.497. The average Bonchev–Trinajstić information content (AvgIpc) is 2.16. The highest BCUT2D eigenvalue weighted by atomic mass is 14.5. The Labute approximate surface area is 100 Å². The van der Waals surface area contributed by atoms with Crippen LogP contribution < -0.4 is 0 Å². The molecule has 2 radical (unpaired) electrons. The van der Waals surface area contributed by atoms with Gasteiger partial charge in [-0.05, 0) is 16.7 Å². The molecule has 0 aromatic carbocycles. The van der Waals surface area contributed by atoms with Crippen molar-refractivity contribution in [3.63, 3.8) is 0 Å². The Kier molecular flexibility index (Phi) is 3.95. The molecule has 0 aliphatic carbocycles. The van der Waals surface area contributed by atoms with Gasteiger partial charge in [0.2, 0.25) is 0 Å². The fraction of sp³-hybridized carbons (Fsp3) is 1.00. The first-order chi connectivity index (χ1) is 6.87. The van der Waals surface area contributed by atoms with Gasteiger partial charge < -0.3 is 0 Å². The summed E-state index contributed by atoms with van der Waals surface area (Å²) < 4.78 is 8.51. The largest absolute Gasteiger partial charge is 0.0757 e. The van der Waals surface area contributed by atoms with Gasteiger partial charge in [0.05, 0.1) is 7.85 Å². The van der Waals surface area contributed by atoms with E-state index >= 15 is 0 Å². The summed E-state index contributed by atoms with van der Waals surface area (Å²) in [5.41, 5.74) is -0.192. The van der Waals surface area contributed by atoms with E-state index in [2.05, 4.69) is 48.5 Å². The zero-order valence-electron chi connectivity index (χ0n) is 13.0. The number of hydrogen-bond donors (Lipinski definition) is 0. The van der Waals surface area contributed by atoms with Crippen molar-refractivity contribution in [1.29, 1.82) is 0 Å². The zero-order valence-corrected chi connectivity index (χ0v) is 12.0. The van der Waals surface area contributed by atoms with Crippen molar-refractivity contribution in [3.8, 4) is 0 Å². The SMILES string of the molecule is [2H]C(C)(CC)C(C)(C)C([B])(C)C(C)(C)CC. The lowest BCUT2D eigenvalue weighted by atomic mass is 9.41. The van der Waals surface area contributed by atoms with Crippen molar-refractivity contribution in [2.24, 2.45) is 16.7 Å². The molecule has 0 amide bonds. The molecule has 0 bridgehead atoms. The Morgan fingerprint density at radius 2 is 1.53 bits per heavy atom. The van der Waals surface area contributed by atoms with E-state index in [9.17, 15) is 0 Å². The molecule has 2 unspecified atom stereocenters. The third-order valence-corrected chi connectivity index (χ3v) is 5.19. The molecule has 0 aliphatic heterocycles. The highest BCUT2D eigenvalue weighted by Crippen LogP contribution is 2.60. The third kappa shape index (κ3) is 2.42. The Hall–Kier alpha value is 0.0649. The van der Waals surface area contributed by atoms with Gasteiger partial charge in [0.25, 0.3) is 0 Å². The molecule has 0 spiro atoms. The first-order valence-corrected chi connectivity index (χ1v) is 6.16. The molecule has 15 heavy (non-hydrogen) atoms. The average molecular weight is 209 g/mol. The molecule has 0 saturated heterocycles. The van der Waals surface area contributed by atoms with Crippen LogP contribution in [0.3, 0.4) is 0 Å². The molecule has 1 heteroatoms. The molecule has 0 aliphatic rings. The van der Waals surface area contributed by atoms with Crippen LogP contribution in [0.2, 0.25) is 5.31 Å². The van der Waals surface area contributed by atoms with Crippen LogP contribution in [0.15, 0.2) is 0 Å². The molecule has 0 aromatic rings. The molecular weight excluding hydrogens is 179 g/mol. The minimum absolute atomic E-state index is 0.0357. The highest BCUT2D eigenvalue weighted by molar-refractivity contribution is 6.16. The van der Waals surface area contributed by atoms with Crippen LogP contribution in [0.5, 0.6) is 0 Å². The van der Waals surface area contributed by atoms with Gasteiger partial charge in [-0.1, -0.05) is 73.5 Å². The predicted octanol–water partition coefficient (Wildman–Crippen LogP) is 4.84. The van der Waals surface area contributed by atoms with Crippen molar-refractivity contribution in [1.82, 2.24) is 0 Å². The predicted molar refractivity (Wildman–Crippen MR) is 71.4 cm³/mol. The molecule has 0 aromatic heterocycles. The maximum atomic E-state index is 8.51. The fourth-order valence-electron chi connectivity index (χ4n) is 2.10. The normalized spacial score (nSPS) is 22.8. The molecule has 0 N–H and O–H groups in total. The molecule has 88 valence electrons. The Morgan fingerprint density at radius 3 is 1.80 bits per heavy atom. The second kappa shape index (κ2) is 4.51. The van der Waals surface area contributed by atoms with Crippen LogP contribution in [0.4, 0.5) is 0 Å². The second-order valence-electron chi connectivity index (χ2n) is 6.20. The second-order valence-corrected chi connectivity index (χ2v) is 6.20. The number of rotatable bonds is 5. The summed E-state index contributed by atoms with van der Waals surface area (Å²) >= 11 is 0. The fourth-order valence-corrected chi connectivity index (χ4v) is 2.10. The van der Waals surface area contributed by atoms with E-state index in [1.54, 1.807) is 0 Å². The summed E-state index contributed by atoms with van der Waals surface area (Å²) in [7, 11) is 6.62. The van der Waals surface area contributed by atoms with E-state index in [-0.39, 0.29) is 16.1 Å². The third-order valence-electron chi connectivity index (χ3n) is 5.19. The molecule has 0 heterocycles. The smallest absolute Gasteiger partial charge is 0.0666 e. The Balaban J connectivity index is 5.46. The van der Waals surface area contributed by atoms with Crippen molar-refractivity contribution in [2.75, 3.05) is 0 Å². The summed E-state index contributed by atoms with van der Waals surface area (Å²) in [6, 6.07) is 0. The van der Waals surface area contributed by atoms with E-state index < -0.39 is 5.89 Å². The van der Waals surface area contributed by atoms with Gasteiger partial charge in [-0.15, -0.1) is 0 Å². The maximum Gasteiger partial charge on any atom is 0.0757 e. The van der Waals surface area contributed by atoms with Gasteiger partial charge in [-0.3, -0.25) is 0 Å². The molecule has 2 atom stereocenters. The van der Waals surface area contributed by atoms with Gasteiger partial charge >= 0.3 is 0 Å². The highest BCUT2D eigenvalue weighted by Gasteiger charge is 2.47. The topological polar surface area (TPSA) is 0 Å². The van der Waals surface area contributed by atoms with E-state index in [1.807, 2.05) is 6.92 Å². The summed E-state index contributed by atoms with van der Waals surface area (Å²) in [4.78, 5) is 0. The standard InChI is InChI=1S/C14H29B/c1-9-11(3)13(6,7)14(8,15)12(4,5)10-2/h11H,9-10H2,1-8H3/i11D. The first-order valence-electron chi connectivity index (χ1n) is 6.66. The quantitative estimate of drug-likeness (QED) is 0.568. The van der Waals surface area contributed by atoms with Crippen LogP contribution in [0.1, 0.15) is 69.6 Å². The van der Waals surface area contributed by atoms with Crippen LogP contribution in [-0.2, 0) is 0 Å². The Morgan fingerprint density at radius 1 is 1.13 bits per heavy atom. The van der Waals surface area contributed by atoms with Crippen LogP contribution in [0.25, 0.3) is 0 Å². The number of hydrogen-bond acceptors (Lipinski definition) is 0. The van der Waals surface area contributed by atoms with Gasteiger partial charge in [0, 0.05) is 1.37 Å². The van der Waals surface area contributed by atoms with Crippen molar-refractivity contribution < 1.29 is 1.37 Å². The molecule has 0 saturated carbocycles. The first kappa shape index (κ1) is 13.1. The summed E-state index contributed by atoms with van der Waals surface area (Å²) in [5, 5.41) is -0.360. The lowest BCUT2D eigenvalue weighted by Gasteiger charge is -2.55. The van der Waals surface area contributed by atoms with Crippen LogP contribution in [-0.4, -0.2) is 7.85 Å². The van der Waals surface area contributed by atoms with Crippen LogP contribution >= 0.6 is 0 Å². The van der Waals surface area contributed by atoms with Gasteiger partial charge in [0.15, 0.2) is 0 Å². The monoisotopic (exact) mass is 209 g/mol. The summed E-state index contributed by atoms with van der Waals surface area (Å²) in [6.07, 6.45) is 1.86. The molecule has 0 rings (SSSR count). The van der Waals surface area contributed by atoms with Gasteiger partial charge in [-0.2, -0.15) is 0 Å². The van der Waals surface area contributed by atoms with Gasteiger partial charge in [-0.25, -0.2) is 0 Å². The zero-order chi connectivity index (χ0) is 13.4. The van der Waals surface area contributed by atoms with E-state index in [4.69, 9.17) is 9.22 Å². The maximum absolute atomic E-state index is 8.51. The molecule has 0 nitrogen and oxygen atoms in total. The van der Waals surface area contributed by atoms with Crippen LogP contribution in [0, 0.1) is 16.7 Å². The molecular formula is C14H29B. The summed E-state index contributed by atoms with van der Waals surface area (Å²) in [5.74, 6) is -0.497. The Bertz CT molecular complexity index is 213. The lowest BCUT2D eigenvalue weighted by Crippen LogP contribution is -2.44. The minimum Gasteiger partial charge on any atom is -0.0666 e. The van der Waals surface area contributed by atoms with E-state index in [1.165, 1.54) is 0 Å². The molecule has 0 fully saturated rings. The summed E-state index contributed by atoms with van der Waals surface area (Å²) in [6.45, 7) is 17.1. The van der Waals surface area contributed by atoms with Crippen molar-refractivity contribution >= 4 is 7.85 Å². The van der Waals surface area contributed by atoms with Crippen molar-refractivity contribution in [3.05, 3.63) is 0 Å². The van der Waals surface area contributed by atoms with E-state index in [0.29, 0.717) is 0 Å². The van der Waals surface area contributed by atoms with E-state index in [0.717, 1.165) is 12.8 Å². The lowest BCUT2D eigenvalue weighted by molar-refractivity contribution is 0.0546.